The van der Waals surface area contributed by atoms with Crippen molar-refractivity contribution in [3.8, 4) is 0 Å². The van der Waals surface area contributed by atoms with Gasteiger partial charge in [0.15, 0.2) is 6.23 Å². The second kappa shape index (κ2) is 10.9. The maximum absolute atomic E-state index is 14.1. The van der Waals surface area contributed by atoms with Gasteiger partial charge < -0.3 is 19.7 Å². The first-order valence-electron chi connectivity index (χ1n) is 11.9. The third kappa shape index (κ3) is 5.43. The third-order valence-corrected chi connectivity index (χ3v) is 7.44. The molecule has 2 heterocycles. The van der Waals surface area contributed by atoms with Crippen LogP contribution in [-0.4, -0.2) is 86.1 Å². The molecular weight excluding hydrogens is 635 g/mol. The van der Waals surface area contributed by atoms with Gasteiger partial charge in [-0.15, -0.1) is 0 Å². The summed E-state index contributed by atoms with van der Waals surface area (Å²) in [5.41, 5.74) is -6.50. The minimum absolute atomic E-state index is 0.0603. The van der Waals surface area contributed by atoms with Crippen LogP contribution in [0.5, 0.6) is 0 Å². The lowest BCUT2D eigenvalue weighted by molar-refractivity contribution is -0.440. The molecule has 1 aromatic heterocycles. The smallest absolute Gasteiger partial charge is 0.393 e. The van der Waals surface area contributed by atoms with Crippen LogP contribution in [0.1, 0.15) is 44.2 Å². The molecule has 1 aliphatic rings. The molecule has 1 aromatic rings. The van der Waals surface area contributed by atoms with Gasteiger partial charge in [-0.1, -0.05) is 0 Å². The predicted molar refractivity (Wildman–Crippen MR) is 117 cm³/mol. The molecule has 0 aromatic carbocycles. The second-order valence-corrected chi connectivity index (χ2v) is 10.3. The highest BCUT2D eigenvalue weighted by Gasteiger charge is 2.90. The van der Waals surface area contributed by atoms with Gasteiger partial charge in [-0.25, -0.2) is 4.79 Å². The van der Waals surface area contributed by atoms with Crippen LogP contribution in [0.4, 0.5) is 57.1 Å². The molecule has 21 heteroatoms. The number of aromatic amines is 1. The van der Waals surface area contributed by atoms with Crippen molar-refractivity contribution in [2.75, 3.05) is 13.2 Å². The zero-order valence-electron chi connectivity index (χ0n) is 22.4. The first kappa shape index (κ1) is 36.8. The molecule has 1 aliphatic heterocycles. The molecule has 0 aliphatic carbocycles. The Bertz CT molecular complexity index is 1310. The van der Waals surface area contributed by atoms with E-state index in [0.29, 0.717) is 4.57 Å². The molecule has 0 radical (unpaired) electrons. The maximum atomic E-state index is 14.1. The van der Waals surface area contributed by atoms with Crippen molar-refractivity contribution < 1.29 is 76.8 Å². The highest BCUT2D eigenvalue weighted by molar-refractivity contribution is 5.17. The maximum Gasteiger partial charge on any atom is 0.460 e. The van der Waals surface area contributed by atoms with Gasteiger partial charge in [0.1, 0.15) is 17.3 Å². The van der Waals surface area contributed by atoms with Gasteiger partial charge in [-0.3, -0.25) is 14.3 Å². The van der Waals surface area contributed by atoms with Crippen LogP contribution >= 0.6 is 0 Å². The molecule has 0 spiro atoms. The van der Waals surface area contributed by atoms with Crippen molar-refractivity contribution in [3.05, 3.63) is 32.1 Å². The van der Waals surface area contributed by atoms with E-state index in [1.807, 2.05) is 4.98 Å². The predicted octanol–water partition coefficient (Wildman–Crippen LogP) is 4.09. The number of alkyl halides is 13. The quantitative estimate of drug-likeness (QED) is 0.244. The molecular formula is C22H25F13N2O6. The molecule has 8 nitrogen and oxygen atoms in total. The Balaban J connectivity index is 2.36. The van der Waals surface area contributed by atoms with Crippen molar-refractivity contribution in [1.82, 2.24) is 9.55 Å². The monoisotopic (exact) mass is 660 g/mol. The van der Waals surface area contributed by atoms with Crippen molar-refractivity contribution in [2.24, 2.45) is 0 Å². The third-order valence-electron chi connectivity index (χ3n) is 7.44. The van der Waals surface area contributed by atoms with Crippen LogP contribution in [0.2, 0.25) is 0 Å². The van der Waals surface area contributed by atoms with Gasteiger partial charge in [-0.05, 0) is 34.1 Å². The first-order valence-corrected chi connectivity index (χ1v) is 11.9. The number of aliphatic hydroxyl groups excluding tert-OH is 1. The molecule has 3 N–H and O–H groups in total. The minimum atomic E-state index is -8.02. The largest absolute Gasteiger partial charge is 0.460 e. The number of H-pyrrole nitrogens is 1. The zero-order chi connectivity index (χ0) is 34.0. The molecule has 0 bridgehead atoms. The number of rotatable bonds is 11. The van der Waals surface area contributed by atoms with Crippen molar-refractivity contribution in [3.63, 3.8) is 0 Å². The Morgan fingerprint density at radius 3 is 1.84 bits per heavy atom. The number of hydrogen-bond donors (Lipinski definition) is 3. The van der Waals surface area contributed by atoms with Crippen LogP contribution in [0.15, 0.2) is 9.59 Å². The number of aliphatic hydroxyl groups is 2. The topological polar surface area (TPSA) is 114 Å². The Morgan fingerprint density at radius 1 is 0.884 bits per heavy atom. The Morgan fingerprint density at radius 2 is 1.37 bits per heavy atom. The molecule has 0 amide bonds. The van der Waals surface area contributed by atoms with Crippen LogP contribution in [0, 0.1) is 13.8 Å². The van der Waals surface area contributed by atoms with Crippen LogP contribution in [-0.2, 0) is 9.47 Å². The number of nitrogens with zero attached hydrogens (tertiary/aromatic N) is 1. The SMILES string of the molecule is Cc1c(C)n([C@@H]2OC(C)(CO)C(C)(O)C2OCCCC(F)(F)C(F)(F)C(F)(F)C(F)(F)C(F)(F)C(F)(F)F)c(=O)[nH]c1=O. The molecule has 3 unspecified atom stereocenters. The average Bonchev–Trinajstić information content (AvgIpc) is 3.04. The lowest BCUT2D eigenvalue weighted by Crippen LogP contribution is -2.70. The summed E-state index contributed by atoms with van der Waals surface area (Å²) in [6.07, 6.45) is -15.2. The fourth-order valence-electron chi connectivity index (χ4n) is 4.17. The summed E-state index contributed by atoms with van der Waals surface area (Å²) in [7, 11) is 0. The van der Waals surface area contributed by atoms with Crippen molar-refractivity contribution in [1.29, 1.82) is 0 Å². The fraction of sp³-hybridized carbons (Fsp3) is 0.818. The Kier molecular flexibility index (Phi) is 9.33. The summed E-state index contributed by atoms with van der Waals surface area (Å²) < 4.78 is 185. The molecule has 1 fully saturated rings. The first-order chi connectivity index (χ1) is 19.0. The van der Waals surface area contributed by atoms with Gasteiger partial charge in [0.2, 0.25) is 0 Å². The van der Waals surface area contributed by atoms with Crippen molar-refractivity contribution in [2.45, 2.75) is 99.9 Å². The van der Waals surface area contributed by atoms with Gasteiger partial charge in [0.25, 0.3) is 5.56 Å². The molecule has 0 saturated carbocycles. The van der Waals surface area contributed by atoms with E-state index in [4.69, 9.17) is 9.47 Å². The number of ether oxygens (including phenoxy) is 2. The number of halogens is 13. The molecule has 43 heavy (non-hydrogen) atoms. The number of aromatic nitrogens is 2. The molecule has 4 atom stereocenters. The number of nitrogens with one attached hydrogen (secondary N) is 1. The van der Waals surface area contributed by atoms with Gasteiger partial charge in [0, 0.05) is 24.3 Å². The standard InChI is InChI=1S/C22H25F13N2O6/c1-9-10(2)37(14(40)36-12(9)39)13-11(16(4,41)15(3,8-38)43-13)42-7-5-6-17(23,24)18(25,26)19(27,28)20(29,30)21(31,32)22(33,34)35/h11,13,38,41H,5-8H2,1-4H3,(H,36,39,40)/t11?,13-,15?,16?/m1/s1. The Hall–Kier alpha value is -2.39. The van der Waals surface area contributed by atoms with Gasteiger partial charge >= 0.3 is 41.5 Å². The summed E-state index contributed by atoms with van der Waals surface area (Å²) in [6.45, 7) is 2.31. The summed E-state index contributed by atoms with van der Waals surface area (Å²) in [4.78, 5) is 26.3. The average molecular weight is 660 g/mol. The van der Waals surface area contributed by atoms with Gasteiger partial charge in [-0.2, -0.15) is 57.1 Å². The molecule has 250 valence electrons. The second-order valence-electron chi connectivity index (χ2n) is 10.3. The van der Waals surface area contributed by atoms with E-state index in [0.717, 1.165) is 13.8 Å². The highest BCUT2D eigenvalue weighted by Crippen LogP contribution is 2.60. The summed E-state index contributed by atoms with van der Waals surface area (Å²) in [5, 5.41) is 20.8. The van der Waals surface area contributed by atoms with Crippen LogP contribution < -0.4 is 11.2 Å². The van der Waals surface area contributed by atoms with E-state index in [1.165, 1.54) is 13.8 Å². The van der Waals surface area contributed by atoms with E-state index >= 15 is 0 Å². The van der Waals surface area contributed by atoms with Crippen LogP contribution in [0.25, 0.3) is 0 Å². The summed E-state index contributed by atoms with van der Waals surface area (Å²) in [6, 6.07) is 0. The fourth-order valence-corrected chi connectivity index (χ4v) is 4.17. The summed E-state index contributed by atoms with van der Waals surface area (Å²) >= 11 is 0. The molecule has 1 saturated heterocycles. The Labute approximate surface area is 232 Å². The van der Waals surface area contributed by atoms with E-state index in [9.17, 15) is 76.9 Å². The summed E-state index contributed by atoms with van der Waals surface area (Å²) in [5.74, 6) is -37.6. The van der Waals surface area contributed by atoms with Crippen molar-refractivity contribution >= 4 is 0 Å². The lowest BCUT2D eigenvalue weighted by atomic mass is 9.84. The highest BCUT2D eigenvalue weighted by atomic mass is 19.4. The van der Waals surface area contributed by atoms with Gasteiger partial charge in [0.05, 0.1) is 6.61 Å². The lowest BCUT2D eigenvalue weighted by Gasteiger charge is -2.39. The minimum Gasteiger partial charge on any atom is -0.393 e. The van der Waals surface area contributed by atoms with E-state index in [2.05, 4.69) is 0 Å². The normalized spacial score (nSPS) is 26.3. The zero-order valence-corrected chi connectivity index (χ0v) is 22.4. The van der Waals surface area contributed by atoms with E-state index < -0.39 is 96.6 Å². The van der Waals surface area contributed by atoms with Crippen LogP contribution in [0.3, 0.4) is 0 Å². The number of hydrogen-bond acceptors (Lipinski definition) is 6. The molecule has 2 rings (SSSR count). The van der Waals surface area contributed by atoms with E-state index in [-0.39, 0.29) is 11.3 Å². The van der Waals surface area contributed by atoms with E-state index in [1.54, 1.807) is 0 Å².